The van der Waals surface area contributed by atoms with Crippen molar-refractivity contribution in [3.63, 3.8) is 0 Å². The first-order valence-electron chi connectivity index (χ1n) is 19.0. The number of aliphatic hydroxyl groups excluding tert-OH is 1. The van der Waals surface area contributed by atoms with E-state index in [1.165, 1.54) is 77.0 Å². The molecule has 0 unspecified atom stereocenters. The van der Waals surface area contributed by atoms with Gasteiger partial charge in [-0.25, -0.2) is 4.57 Å². The molecule has 10 heteroatoms. The molecule has 3 N–H and O–H groups in total. The van der Waals surface area contributed by atoms with Crippen LogP contribution in [0.25, 0.3) is 0 Å². The number of phosphoric acid groups is 1. The van der Waals surface area contributed by atoms with E-state index in [4.69, 9.17) is 19.3 Å². The number of carbonyl (C=O) groups excluding carboxylic acids is 2. The van der Waals surface area contributed by atoms with Crippen molar-refractivity contribution in [2.24, 2.45) is 0 Å². The third-order valence-electron chi connectivity index (χ3n) is 7.95. The van der Waals surface area contributed by atoms with Crippen LogP contribution in [0.1, 0.15) is 162 Å². The number of carbonyl (C=O) groups is 2. The van der Waals surface area contributed by atoms with Crippen molar-refractivity contribution in [2.75, 3.05) is 13.2 Å². The fraction of sp³-hybridized carbons (Fsp3) is 0.744. The molecule has 49 heavy (non-hydrogen) atoms. The number of unbranched alkanes of at least 4 members (excludes halogenated alkanes) is 15. The molecule has 0 bridgehead atoms. The highest BCUT2D eigenvalue weighted by atomic mass is 31.2. The number of phosphoric ester groups is 1. The van der Waals surface area contributed by atoms with Crippen LogP contribution in [0.15, 0.2) is 48.6 Å². The average molecular weight is 713 g/mol. The van der Waals surface area contributed by atoms with Crippen molar-refractivity contribution in [3.8, 4) is 0 Å². The molecule has 0 heterocycles. The van der Waals surface area contributed by atoms with E-state index in [9.17, 15) is 19.3 Å². The van der Waals surface area contributed by atoms with Gasteiger partial charge in [-0.3, -0.25) is 14.1 Å². The molecule has 2 atom stereocenters. The molecular weight excluding hydrogens is 643 g/mol. The van der Waals surface area contributed by atoms with Crippen LogP contribution in [0.5, 0.6) is 0 Å². The van der Waals surface area contributed by atoms with Gasteiger partial charge in [0.2, 0.25) is 0 Å². The summed E-state index contributed by atoms with van der Waals surface area (Å²) in [5.41, 5.74) is 0. The zero-order valence-corrected chi connectivity index (χ0v) is 31.6. The molecule has 0 aromatic carbocycles. The predicted molar refractivity (Wildman–Crippen MR) is 199 cm³/mol. The van der Waals surface area contributed by atoms with E-state index < -0.39 is 38.6 Å². The maximum atomic E-state index is 12.4. The lowest BCUT2D eigenvalue weighted by atomic mass is 10.0. The topological polar surface area (TPSA) is 140 Å². The van der Waals surface area contributed by atoms with E-state index >= 15 is 0 Å². The largest absolute Gasteiger partial charge is 0.469 e. The molecule has 0 fully saturated rings. The monoisotopic (exact) mass is 712 g/mol. The molecule has 0 aliphatic carbocycles. The van der Waals surface area contributed by atoms with Gasteiger partial charge < -0.3 is 24.4 Å². The van der Waals surface area contributed by atoms with Crippen LogP contribution in [-0.4, -0.2) is 52.3 Å². The van der Waals surface area contributed by atoms with Gasteiger partial charge in [-0.15, -0.1) is 0 Å². The minimum Gasteiger partial charge on any atom is -0.462 e. The first kappa shape index (κ1) is 47.0. The number of esters is 2. The van der Waals surface area contributed by atoms with Crippen LogP contribution in [0.4, 0.5) is 0 Å². The Kier molecular flexibility index (Phi) is 33.0. The number of ether oxygens (including phenoxy) is 2. The highest BCUT2D eigenvalue weighted by Gasteiger charge is 2.23. The lowest BCUT2D eigenvalue weighted by molar-refractivity contribution is -0.161. The number of hydrogen-bond acceptors (Lipinski definition) is 7. The summed E-state index contributed by atoms with van der Waals surface area (Å²) in [6.07, 6.45) is 37.2. The molecule has 0 aromatic rings. The molecular formula is C39H69O9P. The third kappa shape index (κ3) is 37.1. The summed E-state index contributed by atoms with van der Waals surface area (Å²) in [6.45, 7) is 3.48. The maximum absolute atomic E-state index is 12.4. The Bertz CT molecular complexity index is 954. The Morgan fingerprint density at radius 3 is 1.78 bits per heavy atom. The minimum absolute atomic E-state index is 0.0160. The zero-order chi connectivity index (χ0) is 36.3. The number of rotatable bonds is 34. The molecule has 0 saturated carbocycles. The van der Waals surface area contributed by atoms with Crippen LogP contribution >= 0.6 is 7.82 Å². The van der Waals surface area contributed by atoms with Gasteiger partial charge in [-0.1, -0.05) is 152 Å². The summed E-state index contributed by atoms with van der Waals surface area (Å²) in [5, 5.41) is 10.2. The highest BCUT2D eigenvalue weighted by Crippen LogP contribution is 2.36. The summed E-state index contributed by atoms with van der Waals surface area (Å²) < 4.78 is 26.2. The van der Waals surface area contributed by atoms with Crippen molar-refractivity contribution in [1.82, 2.24) is 0 Å². The standard InChI is InChI=1S/C39H69O9P/c1-3-5-7-9-11-13-15-17-19-21-23-25-27-30-36(40)31-29-33-39(42)48-37(35-47-49(43,44)45)34-46-38(41)32-28-26-24-22-20-18-16-14-12-10-8-6-4-2/h11,13,17,19,23,25,27,30,36-37,40H,3-10,12,14-16,18,20-22,24,26,28-29,31-35H2,1-2H3,(H2,43,44,45)/b13-11-,19-17-,25-23-,30-27+/t36-,37+/m0/s1. The van der Waals surface area contributed by atoms with Crippen molar-refractivity contribution < 1.29 is 43.0 Å². The van der Waals surface area contributed by atoms with Gasteiger partial charge in [0.25, 0.3) is 0 Å². The Morgan fingerprint density at radius 1 is 0.633 bits per heavy atom. The fourth-order valence-corrected chi connectivity index (χ4v) is 5.42. The number of allylic oxidation sites excluding steroid dienone is 7. The number of hydrogen-bond donors (Lipinski definition) is 3. The summed E-state index contributed by atoms with van der Waals surface area (Å²) in [6, 6.07) is 0. The Hall–Kier alpha value is -2.03. The molecule has 0 aliphatic rings. The predicted octanol–water partition coefficient (Wildman–Crippen LogP) is 10.1. The normalized spacial score (nSPS) is 13.7. The van der Waals surface area contributed by atoms with Gasteiger partial charge in [0.1, 0.15) is 6.61 Å². The lowest BCUT2D eigenvalue weighted by Gasteiger charge is -2.18. The van der Waals surface area contributed by atoms with Gasteiger partial charge >= 0.3 is 19.8 Å². The molecule has 0 radical (unpaired) electrons. The van der Waals surface area contributed by atoms with Crippen molar-refractivity contribution in [2.45, 2.75) is 174 Å². The van der Waals surface area contributed by atoms with Crippen LogP contribution in [0.2, 0.25) is 0 Å². The molecule has 0 amide bonds. The molecule has 0 spiro atoms. The third-order valence-corrected chi connectivity index (χ3v) is 8.44. The van der Waals surface area contributed by atoms with Crippen LogP contribution < -0.4 is 0 Å². The SMILES string of the molecule is CCCCC/C=C\C/C=C\C/C=C\C=C\[C@H](O)CCCC(=O)O[C@H](COC(=O)CCCCCCCCCCCCCCC)COP(=O)(O)O. The first-order chi connectivity index (χ1) is 23.7. The lowest BCUT2D eigenvalue weighted by Crippen LogP contribution is -2.29. The Labute approximate surface area is 297 Å². The van der Waals surface area contributed by atoms with Crippen molar-refractivity contribution in [1.29, 1.82) is 0 Å². The maximum Gasteiger partial charge on any atom is 0.469 e. The Balaban J connectivity index is 4.19. The molecule has 0 rings (SSSR count). The van der Waals surface area contributed by atoms with E-state index in [1.807, 2.05) is 12.2 Å². The zero-order valence-electron chi connectivity index (χ0n) is 30.7. The summed E-state index contributed by atoms with van der Waals surface area (Å²) in [4.78, 5) is 42.7. The molecule has 0 aliphatic heterocycles. The second-order valence-corrected chi connectivity index (χ2v) is 14.0. The van der Waals surface area contributed by atoms with Gasteiger partial charge in [-0.2, -0.15) is 0 Å². The van der Waals surface area contributed by atoms with Crippen LogP contribution in [-0.2, 0) is 28.2 Å². The van der Waals surface area contributed by atoms with E-state index in [1.54, 1.807) is 12.2 Å². The molecule has 0 aromatic heterocycles. The van der Waals surface area contributed by atoms with Gasteiger partial charge in [0.05, 0.1) is 12.7 Å². The van der Waals surface area contributed by atoms with Crippen molar-refractivity contribution >= 4 is 19.8 Å². The summed E-state index contributed by atoms with van der Waals surface area (Å²) in [7, 11) is -4.80. The second-order valence-electron chi connectivity index (χ2n) is 12.8. The summed E-state index contributed by atoms with van der Waals surface area (Å²) >= 11 is 0. The van der Waals surface area contributed by atoms with E-state index in [0.717, 1.165) is 38.5 Å². The van der Waals surface area contributed by atoms with Crippen LogP contribution in [0, 0.1) is 0 Å². The Morgan fingerprint density at radius 2 is 1.16 bits per heavy atom. The molecule has 284 valence electrons. The summed E-state index contributed by atoms with van der Waals surface area (Å²) in [5.74, 6) is -1.09. The molecule has 9 nitrogen and oxygen atoms in total. The van der Waals surface area contributed by atoms with E-state index in [2.05, 4.69) is 42.7 Å². The van der Waals surface area contributed by atoms with Gasteiger partial charge in [0.15, 0.2) is 6.10 Å². The second kappa shape index (κ2) is 34.4. The smallest absolute Gasteiger partial charge is 0.462 e. The highest BCUT2D eigenvalue weighted by molar-refractivity contribution is 7.46. The van der Waals surface area contributed by atoms with Gasteiger partial charge in [-0.05, 0) is 44.9 Å². The fourth-order valence-electron chi connectivity index (χ4n) is 5.06. The first-order valence-corrected chi connectivity index (χ1v) is 20.6. The minimum atomic E-state index is -4.80. The van der Waals surface area contributed by atoms with Gasteiger partial charge in [0, 0.05) is 12.8 Å². The average Bonchev–Trinajstić information content (AvgIpc) is 3.06. The van der Waals surface area contributed by atoms with Crippen molar-refractivity contribution in [3.05, 3.63) is 48.6 Å². The molecule has 0 saturated heterocycles. The quantitative estimate of drug-likeness (QED) is 0.0195. The van der Waals surface area contributed by atoms with Crippen LogP contribution in [0.3, 0.4) is 0 Å². The number of aliphatic hydroxyl groups is 1. The van der Waals surface area contributed by atoms with E-state index in [0.29, 0.717) is 19.3 Å². The van der Waals surface area contributed by atoms with E-state index in [-0.39, 0.29) is 19.4 Å².